The standard InChI is InChI=1S/C6H10N3OS/c1-9-5-6(4-8-9)2-3-11(7)10/h2,4-5H,3,7H2,1H3/t11-/m0/s1. The highest BCUT2D eigenvalue weighted by Crippen LogP contribution is 2.00. The molecule has 0 bridgehead atoms. The Morgan fingerprint density at radius 2 is 2.64 bits per heavy atom. The largest absolute Gasteiger partial charge is 0.598 e. The number of aryl methyl sites for hydroxylation is 1. The van der Waals surface area contributed by atoms with Crippen molar-refractivity contribution in [2.45, 2.75) is 0 Å². The number of nitrogens with two attached hydrogens (primary N) is 1. The summed E-state index contributed by atoms with van der Waals surface area (Å²) in [5.74, 6) is 0.381. The van der Waals surface area contributed by atoms with Crippen molar-refractivity contribution < 1.29 is 4.55 Å². The van der Waals surface area contributed by atoms with Gasteiger partial charge in [0.25, 0.3) is 0 Å². The first-order valence-electron chi connectivity index (χ1n) is 3.13. The van der Waals surface area contributed by atoms with Gasteiger partial charge in [0, 0.05) is 31.0 Å². The second kappa shape index (κ2) is 3.75. The molecule has 0 aliphatic heterocycles. The van der Waals surface area contributed by atoms with E-state index in [1.54, 1.807) is 17.3 Å². The zero-order valence-electron chi connectivity index (χ0n) is 6.23. The molecule has 2 N–H and O–H groups in total. The van der Waals surface area contributed by atoms with Gasteiger partial charge in [-0.3, -0.25) is 4.68 Å². The van der Waals surface area contributed by atoms with Gasteiger partial charge in [-0.2, -0.15) is 10.2 Å². The average molecular weight is 172 g/mol. The highest BCUT2D eigenvalue weighted by atomic mass is 32.2. The molecule has 0 saturated heterocycles. The van der Waals surface area contributed by atoms with Gasteiger partial charge in [0.2, 0.25) is 0 Å². The van der Waals surface area contributed by atoms with Crippen molar-refractivity contribution in [3.63, 3.8) is 0 Å². The Labute approximate surface area is 68.7 Å². The van der Waals surface area contributed by atoms with Crippen molar-refractivity contribution in [2.75, 3.05) is 5.75 Å². The Morgan fingerprint density at radius 1 is 1.91 bits per heavy atom. The Bertz CT molecular complexity index is 223. The molecular weight excluding hydrogens is 162 g/mol. The van der Waals surface area contributed by atoms with Crippen LogP contribution in [0.5, 0.6) is 0 Å². The first kappa shape index (κ1) is 8.58. The van der Waals surface area contributed by atoms with E-state index in [1.807, 2.05) is 13.2 Å². The van der Waals surface area contributed by atoms with Gasteiger partial charge in [-0.15, -0.1) is 0 Å². The van der Waals surface area contributed by atoms with Crippen LogP contribution in [0.15, 0.2) is 12.4 Å². The molecule has 1 heterocycles. The van der Waals surface area contributed by atoms with E-state index < -0.39 is 11.4 Å². The van der Waals surface area contributed by atoms with Crippen LogP contribution in [0.3, 0.4) is 0 Å². The number of hydrogen-bond donors (Lipinski definition) is 1. The van der Waals surface area contributed by atoms with Crippen LogP contribution in [-0.4, -0.2) is 20.1 Å². The van der Waals surface area contributed by atoms with Crippen molar-refractivity contribution in [1.29, 1.82) is 0 Å². The van der Waals surface area contributed by atoms with Crippen LogP contribution in [0.2, 0.25) is 0 Å². The molecule has 0 aromatic carbocycles. The summed E-state index contributed by atoms with van der Waals surface area (Å²) in [6.45, 7) is 0. The summed E-state index contributed by atoms with van der Waals surface area (Å²) in [7, 11) is 1.83. The van der Waals surface area contributed by atoms with E-state index in [4.69, 9.17) is 5.14 Å². The average Bonchev–Trinajstić information content (AvgIpc) is 2.31. The first-order valence-corrected chi connectivity index (χ1v) is 4.51. The Balaban J connectivity index is 2.39. The zero-order valence-corrected chi connectivity index (χ0v) is 7.04. The fourth-order valence-electron chi connectivity index (χ4n) is 0.724. The van der Waals surface area contributed by atoms with Gasteiger partial charge in [-0.25, -0.2) is 0 Å². The van der Waals surface area contributed by atoms with Crippen LogP contribution < -0.4 is 5.14 Å². The highest BCUT2D eigenvalue weighted by Gasteiger charge is 2.01. The molecule has 1 aromatic rings. The lowest BCUT2D eigenvalue weighted by molar-refractivity contribution is 0.599. The summed E-state index contributed by atoms with van der Waals surface area (Å²) in [4.78, 5) is 0. The van der Waals surface area contributed by atoms with Crippen molar-refractivity contribution in [1.82, 2.24) is 9.78 Å². The third-order valence-corrected chi connectivity index (χ3v) is 1.70. The third-order valence-electron chi connectivity index (χ3n) is 1.21. The van der Waals surface area contributed by atoms with Gasteiger partial charge >= 0.3 is 0 Å². The van der Waals surface area contributed by atoms with E-state index in [9.17, 15) is 4.55 Å². The molecule has 0 unspecified atom stereocenters. The number of nitrogens with zero attached hydrogens (tertiary/aromatic N) is 2. The van der Waals surface area contributed by atoms with Crippen LogP contribution in [0.1, 0.15) is 5.56 Å². The topological polar surface area (TPSA) is 66.9 Å². The minimum absolute atomic E-state index is 0.381. The molecular formula is C6H10N3OS. The maximum Gasteiger partial charge on any atom is 0.133 e. The van der Waals surface area contributed by atoms with E-state index in [-0.39, 0.29) is 0 Å². The summed E-state index contributed by atoms with van der Waals surface area (Å²) in [6, 6.07) is 0. The van der Waals surface area contributed by atoms with Crippen molar-refractivity contribution >= 4 is 11.4 Å². The highest BCUT2D eigenvalue weighted by molar-refractivity contribution is 7.89. The number of rotatable bonds is 3. The molecule has 11 heavy (non-hydrogen) atoms. The van der Waals surface area contributed by atoms with Gasteiger partial charge in [0.05, 0.1) is 6.20 Å². The van der Waals surface area contributed by atoms with Gasteiger partial charge in [-0.05, 0) is 5.56 Å². The van der Waals surface area contributed by atoms with Gasteiger partial charge in [-0.1, -0.05) is 0 Å². The van der Waals surface area contributed by atoms with E-state index >= 15 is 0 Å². The number of aromatic nitrogens is 2. The molecule has 0 spiro atoms. The number of hydrogen-bond acceptors (Lipinski definition) is 3. The Hall–Kier alpha value is -0.520. The molecule has 61 valence electrons. The fourth-order valence-corrected chi connectivity index (χ4v) is 1.08. The SMILES string of the molecule is Cn1cc([CH]C[S@@+](N)[O-])cn1. The molecule has 1 aromatic heterocycles. The monoisotopic (exact) mass is 172 g/mol. The summed E-state index contributed by atoms with van der Waals surface area (Å²) in [5.41, 5.74) is 0.950. The molecule has 4 nitrogen and oxygen atoms in total. The second-order valence-electron chi connectivity index (χ2n) is 2.20. The summed E-state index contributed by atoms with van der Waals surface area (Å²) < 4.78 is 12.1. The van der Waals surface area contributed by atoms with E-state index in [2.05, 4.69) is 5.10 Å². The zero-order chi connectivity index (χ0) is 8.27. The van der Waals surface area contributed by atoms with Crippen LogP contribution in [0.25, 0.3) is 0 Å². The minimum atomic E-state index is -1.25. The molecule has 0 aliphatic rings. The fraction of sp³-hybridized carbons (Fsp3) is 0.333. The third kappa shape index (κ3) is 2.92. The molecule has 0 amide bonds. The summed E-state index contributed by atoms with van der Waals surface area (Å²) in [6.07, 6.45) is 5.34. The second-order valence-corrected chi connectivity index (χ2v) is 3.29. The van der Waals surface area contributed by atoms with Crippen LogP contribution in [0, 0.1) is 6.42 Å². The van der Waals surface area contributed by atoms with Gasteiger partial charge < -0.3 is 4.55 Å². The Kier molecular flexibility index (Phi) is 2.92. The first-order chi connectivity index (χ1) is 5.18. The predicted octanol–water partition coefficient (Wildman–Crippen LogP) is -0.405. The molecule has 0 saturated carbocycles. The maximum absolute atomic E-state index is 10.5. The van der Waals surface area contributed by atoms with E-state index in [0.29, 0.717) is 5.75 Å². The van der Waals surface area contributed by atoms with Gasteiger partial charge in [0.1, 0.15) is 5.75 Å². The van der Waals surface area contributed by atoms with Crippen molar-refractivity contribution in [3.8, 4) is 0 Å². The van der Waals surface area contributed by atoms with Gasteiger partial charge in [0.15, 0.2) is 0 Å². The predicted molar refractivity (Wildman–Crippen MR) is 43.8 cm³/mol. The van der Waals surface area contributed by atoms with Crippen molar-refractivity contribution in [3.05, 3.63) is 24.4 Å². The molecule has 0 aliphatic carbocycles. The smallest absolute Gasteiger partial charge is 0.133 e. The summed E-state index contributed by atoms with van der Waals surface area (Å²) >= 11 is -1.25. The maximum atomic E-state index is 10.5. The van der Waals surface area contributed by atoms with Crippen molar-refractivity contribution in [2.24, 2.45) is 12.2 Å². The van der Waals surface area contributed by atoms with E-state index in [1.165, 1.54) is 0 Å². The lowest BCUT2D eigenvalue weighted by Crippen LogP contribution is -2.16. The molecule has 0 fully saturated rings. The van der Waals surface area contributed by atoms with E-state index in [0.717, 1.165) is 5.56 Å². The van der Waals surface area contributed by atoms with Crippen LogP contribution in [-0.2, 0) is 18.4 Å². The molecule has 1 rings (SSSR count). The molecule has 1 radical (unpaired) electrons. The quantitative estimate of drug-likeness (QED) is 0.630. The molecule has 1 atom stereocenters. The Morgan fingerprint density at radius 3 is 3.09 bits per heavy atom. The molecule has 5 heteroatoms. The van der Waals surface area contributed by atoms with Crippen LogP contribution >= 0.6 is 0 Å². The normalized spacial score (nSPS) is 13.4. The van der Waals surface area contributed by atoms with Crippen LogP contribution in [0.4, 0.5) is 0 Å². The lowest BCUT2D eigenvalue weighted by atomic mass is 10.3. The summed E-state index contributed by atoms with van der Waals surface area (Å²) in [5, 5.41) is 9.00. The lowest BCUT2D eigenvalue weighted by Gasteiger charge is -1.99. The minimum Gasteiger partial charge on any atom is -0.598 e.